The van der Waals surface area contributed by atoms with Crippen molar-refractivity contribution in [2.75, 3.05) is 26.3 Å². The Kier molecular flexibility index (Phi) is 6.10. The van der Waals surface area contributed by atoms with Gasteiger partial charge in [0.1, 0.15) is 0 Å². The SMILES string of the molecule is CCOCC1(CCc2csc3ccccc23)CCN(Cc2ccc(C)nc2)C1. The number of nitrogens with zero attached hydrogens (tertiary/aromatic N) is 2. The van der Waals surface area contributed by atoms with Gasteiger partial charge in [-0.2, -0.15) is 0 Å². The fourth-order valence-electron chi connectivity index (χ4n) is 4.35. The second-order valence-electron chi connectivity index (χ2n) is 8.16. The van der Waals surface area contributed by atoms with E-state index in [0.29, 0.717) is 0 Å². The van der Waals surface area contributed by atoms with E-state index < -0.39 is 0 Å². The van der Waals surface area contributed by atoms with Gasteiger partial charge in [0.15, 0.2) is 0 Å². The summed E-state index contributed by atoms with van der Waals surface area (Å²) >= 11 is 1.87. The van der Waals surface area contributed by atoms with Crippen molar-refractivity contribution in [3.05, 3.63) is 64.8 Å². The highest BCUT2D eigenvalue weighted by Gasteiger charge is 2.38. The van der Waals surface area contributed by atoms with Crippen molar-refractivity contribution in [3.63, 3.8) is 0 Å². The minimum Gasteiger partial charge on any atom is -0.381 e. The van der Waals surface area contributed by atoms with E-state index in [0.717, 1.165) is 45.0 Å². The summed E-state index contributed by atoms with van der Waals surface area (Å²) in [5.41, 5.74) is 4.15. The molecular formula is C24H30N2OS. The monoisotopic (exact) mass is 394 g/mol. The lowest BCUT2D eigenvalue weighted by molar-refractivity contribution is 0.0490. The Morgan fingerprint density at radius 2 is 2.11 bits per heavy atom. The van der Waals surface area contributed by atoms with Gasteiger partial charge in [-0.15, -0.1) is 11.3 Å². The molecule has 0 spiro atoms. The summed E-state index contributed by atoms with van der Waals surface area (Å²) in [6, 6.07) is 13.1. The van der Waals surface area contributed by atoms with E-state index in [1.807, 2.05) is 24.5 Å². The highest BCUT2D eigenvalue weighted by Crippen LogP contribution is 2.38. The van der Waals surface area contributed by atoms with Crippen LogP contribution in [0, 0.1) is 12.3 Å². The van der Waals surface area contributed by atoms with Crippen LogP contribution in [0.25, 0.3) is 10.1 Å². The zero-order valence-electron chi connectivity index (χ0n) is 17.0. The summed E-state index contributed by atoms with van der Waals surface area (Å²) in [4.78, 5) is 7.04. The van der Waals surface area contributed by atoms with Crippen molar-refractivity contribution >= 4 is 21.4 Å². The second-order valence-corrected chi connectivity index (χ2v) is 9.07. The highest BCUT2D eigenvalue weighted by molar-refractivity contribution is 7.17. The van der Waals surface area contributed by atoms with E-state index in [4.69, 9.17) is 4.74 Å². The fraction of sp³-hybridized carbons (Fsp3) is 0.458. The van der Waals surface area contributed by atoms with Gasteiger partial charge in [-0.3, -0.25) is 9.88 Å². The summed E-state index contributed by atoms with van der Waals surface area (Å²) < 4.78 is 7.36. The van der Waals surface area contributed by atoms with Crippen LogP contribution < -0.4 is 0 Å². The van der Waals surface area contributed by atoms with Crippen molar-refractivity contribution in [1.82, 2.24) is 9.88 Å². The number of aryl methyl sites for hydroxylation is 2. The Morgan fingerprint density at radius 3 is 2.93 bits per heavy atom. The standard InChI is InChI=1S/C24H30N2OS/c1-3-27-18-24(11-10-21-16-28-23-7-5-4-6-22(21)23)12-13-26(17-24)15-20-9-8-19(2)25-14-20/h4-9,14,16H,3,10-13,15,17-18H2,1-2H3. The molecule has 0 bridgehead atoms. The predicted octanol–water partition coefficient (Wildman–Crippen LogP) is 5.47. The fourth-order valence-corrected chi connectivity index (χ4v) is 5.35. The third kappa shape index (κ3) is 4.45. The topological polar surface area (TPSA) is 25.4 Å². The number of aromatic nitrogens is 1. The number of likely N-dealkylation sites (tertiary alicyclic amines) is 1. The molecule has 1 unspecified atom stereocenters. The lowest BCUT2D eigenvalue weighted by atomic mass is 9.82. The zero-order chi connectivity index (χ0) is 19.4. The quantitative estimate of drug-likeness (QED) is 0.507. The number of benzene rings is 1. The van der Waals surface area contributed by atoms with Crippen LogP contribution in [0.3, 0.4) is 0 Å². The van der Waals surface area contributed by atoms with Crippen molar-refractivity contribution < 1.29 is 4.74 Å². The van der Waals surface area contributed by atoms with E-state index in [-0.39, 0.29) is 5.41 Å². The van der Waals surface area contributed by atoms with Gasteiger partial charge in [-0.25, -0.2) is 0 Å². The first-order valence-corrected chi connectivity index (χ1v) is 11.2. The summed E-state index contributed by atoms with van der Waals surface area (Å²) in [6.07, 6.45) is 5.57. The summed E-state index contributed by atoms with van der Waals surface area (Å²) in [5.74, 6) is 0. The molecule has 28 heavy (non-hydrogen) atoms. The molecule has 3 heterocycles. The van der Waals surface area contributed by atoms with Crippen LogP contribution in [0.2, 0.25) is 0 Å². The minimum absolute atomic E-state index is 0.261. The number of thiophene rings is 1. The molecule has 3 nitrogen and oxygen atoms in total. The molecule has 1 aliphatic heterocycles. The molecule has 0 aliphatic carbocycles. The number of hydrogen-bond acceptors (Lipinski definition) is 4. The molecular weight excluding hydrogens is 364 g/mol. The summed E-state index contributed by atoms with van der Waals surface area (Å²) in [5, 5.41) is 3.78. The number of ether oxygens (including phenoxy) is 1. The average Bonchev–Trinajstić information content (AvgIpc) is 3.31. The molecule has 1 atom stereocenters. The smallest absolute Gasteiger partial charge is 0.0535 e. The zero-order valence-corrected chi connectivity index (χ0v) is 17.8. The third-order valence-corrected chi connectivity index (χ3v) is 7.01. The van der Waals surface area contributed by atoms with Crippen LogP contribution in [-0.4, -0.2) is 36.2 Å². The minimum atomic E-state index is 0.261. The molecule has 0 N–H and O–H groups in total. The van der Waals surface area contributed by atoms with Gasteiger partial charge in [0, 0.05) is 41.7 Å². The molecule has 1 aromatic carbocycles. The number of pyridine rings is 1. The van der Waals surface area contributed by atoms with Crippen molar-refractivity contribution in [1.29, 1.82) is 0 Å². The van der Waals surface area contributed by atoms with Gasteiger partial charge >= 0.3 is 0 Å². The Labute approximate surface area is 172 Å². The molecule has 4 heteroatoms. The molecule has 1 saturated heterocycles. The van der Waals surface area contributed by atoms with Crippen LogP contribution in [-0.2, 0) is 17.7 Å². The third-order valence-electron chi connectivity index (χ3n) is 5.99. The van der Waals surface area contributed by atoms with Crippen LogP contribution >= 0.6 is 11.3 Å². The van der Waals surface area contributed by atoms with Crippen molar-refractivity contribution in [2.24, 2.45) is 5.41 Å². The summed E-state index contributed by atoms with van der Waals surface area (Å²) in [7, 11) is 0. The maximum atomic E-state index is 5.96. The van der Waals surface area contributed by atoms with Gasteiger partial charge in [-0.05, 0) is 73.7 Å². The molecule has 1 fully saturated rings. The first-order valence-electron chi connectivity index (χ1n) is 10.3. The number of fused-ring (bicyclic) bond motifs is 1. The Balaban J connectivity index is 1.44. The molecule has 148 valence electrons. The number of rotatable bonds is 8. The van der Waals surface area contributed by atoms with Crippen LogP contribution in [0.5, 0.6) is 0 Å². The molecule has 3 aromatic rings. The Bertz CT molecular complexity index is 904. The first kappa shape index (κ1) is 19.6. The Morgan fingerprint density at radius 1 is 1.21 bits per heavy atom. The van der Waals surface area contributed by atoms with E-state index in [9.17, 15) is 0 Å². The lowest BCUT2D eigenvalue weighted by Gasteiger charge is -2.29. The lowest BCUT2D eigenvalue weighted by Crippen LogP contribution is -2.32. The van der Waals surface area contributed by atoms with Gasteiger partial charge in [-0.1, -0.05) is 24.3 Å². The summed E-state index contributed by atoms with van der Waals surface area (Å²) in [6.45, 7) is 9.06. The molecule has 2 aromatic heterocycles. The van der Waals surface area contributed by atoms with Crippen LogP contribution in [0.15, 0.2) is 48.0 Å². The number of hydrogen-bond donors (Lipinski definition) is 0. The highest BCUT2D eigenvalue weighted by atomic mass is 32.1. The predicted molar refractivity (Wildman–Crippen MR) is 118 cm³/mol. The molecule has 0 radical (unpaired) electrons. The van der Waals surface area contributed by atoms with E-state index in [2.05, 4.69) is 58.6 Å². The second kappa shape index (κ2) is 8.73. The largest absolute Gasteiger partial charge is 0.381 e. The van der Waals surface area contributed by atoms with Gasteiger partial charge < -0.3 is 4.74 Å². The maximum Gasteiger partial charge on any atom is 0.0535 e. The molecule has 4 rings (SSSR count). The normalized spacial score (nSPS) is 20.2. The van der Waals surface area contributed by atoms with Crippen LogP contribution in [0.4, 0.5) is 0 Å². The molecule has 0 amide bonds. The van der Waals surface area contributed by atoms with Gasteiger partial charge in [0.05, 0.1) is 6.61 Å². The van der Waals surface area contributed by atoms with Gasteiger partial charge in [0.25, 0.3) is 0 Å². The van der Waals surface area contributed by atoms with Crippen LogP contribution in [0.1, 0.15) is 36.6 Å². The van der Waals surface area contributed by atoms with E-state index in [1.54, 1.807) is 0 Å². The first-order chi connectivity index (χ1) is 13.7. The molecule has 1 aliphatic rings. The molecule has 0 saturated carbocycles. The maximum absolute atomic E-state index is 5.96. The van der Waals surface area contributed by atoms with Gasteiger partial charge in [0.2, 0.25) is 0 Å². The van der Waals surface area contributed by atoms with Crippen molar-refractivity contribution in [2.45, 2.75) is 39.7 Å². The average molecular weight is 395 g/mol. The van der Waals surface area contributed by atoms with Crippen molar-refractivity contribution in [3.8, 4) is 0 Å². The van der Waals surface area contributed by atoms with E-state index >= 15 is 0 Å². The van der Waals surface area contributed by atoms with E-state index in [1.165, 1.54) is 34.1 Å². The Hall–Kier alpha value is -1.75.